The lowest BCUT2D eigenvalue weighted by Crippen LogP contribution is -2.15. The molecular formula is C25H23N3O4. The standard InChI is InChI=1S/C25H23N3O4/c1-15-2-9-19(27-24(30)17-3-4-17)14-22(15)28-25(31)18-7-12-21(13-8-18)32-20-10-5-16(6-11-20)23(26)29/h2,5-14,17H,3-4H2,1H3,(H2,26,29)(H,27,30)(H,28,31). The number of carbonyl (C=O) groups excluding carboxylic acids is 3. The minimum atomic E-state index is -0.502. The second kappa shape index (κ2) is 8.93. The number of anilines is 2. The van der Waals surface area contributed by atoms with Crippen LogP contribution in [0.5, 0.6) is 11.5 Å². The van der Waals surface area contributed by atoms with Gasteiger partial charge in [0.1, 0.15) is 11.5 Å². The van der Waals surface area contributed by atoms with Crippen LogP contribution in [0.1, 0.15) is 39.1 Å². The molecule has 1 aliphatic carbocycles. The summed E-state index contributed by atoms with van der Waals surface area (Å²) in [7, 11) is 0. The molecule has 0 aliphatic heterocycles. The fraction of sp³-hybridized carbons (Fsp3) is 0.160. The van der Waals surface area contributed by atoms with E-state index in [2.05, 4.69) is 10.6 Å². The van der Waals surface area contributed by atoms with Crippen molar-refractivity contribution in [1.82, 2.24) is 0 Å². The highest BCUT2D eigenvalue weighted by Gasteiger charge is 2.29. The molecule has 0 atom stereocenters. The average molecular weight is 429 g/mol. The largest absolute Gasteiger partial charge is 0.457 e. The highest BCUT2D eigenvalue weighted by atomic mass is 16.5. The summed E-state index contributed by atoms with van der Waals surface area (Å²) in [5.74, 6) is 0.457. The SMILES string of the molecule is Cc1ccc(NC(=O)C2CC2)cc1NC(=O)c1ccc(Oc2ccc(C(N)=O)cc2)cc1. The van der Waals surface area contributed by atoms with Crippen LogP contribution in [0.15, 0.2) is 66.7 Å². The number of primary amides is 1. The van der Waals surface area contributed by atoms with Crippen molar-refractivity contribution < 1.29 is 19.1 Å². The third-order valence-corrected chi connectivity index (χ3v) is 5.19. The lowest BCUT2D eigenvalue weighted by atomic mass is 10.1. The molecule has 0 spiro atoms. The van der Waals surface area contributed by atoms with Gasteiger partial charge in [-0.1, -0.05) is 6.07 Å². The first-order valence-corrected chi connectivity index (χ1v) is 10.3. The third kappa shape index (κ3) is 5.13. The van der Waals surface area contributed by atoms with Crippen LogP contribution in [0.2, 0.25) is 0 Å². The van der Waals surface area contributed by atoms with Gasteiger partial charge in [-0.3, -0.25) is 14.4 Å². The zero-order chi connectivity index (χ0) is 22.7. The molecule has 0 unspecified atom stereocenters. The maximum absolute atomic E-state index is 12.7. The second-order valence-electron chi connectivity index (χ2n) is 7.76. The molecule has 0 radical (unpaired) electrons. The van der Waals surface area contributed by atoms with E-state index in [1.165, 1.54) is 0 Å². The highest BCUT2D eigenvalue weighted by molar-refractivity contribution is 6.05. The van der Waals surface area contributed by atoms with Crippen molar-refractivity contribution in [3.05, 3.63) is 83.4 Å². The van der Waals surface area contributed by atoms with Gasteiger partial charge in [0.25, 0.3) is 5.91 Å². The molecule has 7 heteroatoms. The number of nitrogens with one attached hydrogen (secondary N) is 2. The number of benzene rings is 3. The Hall–Kier alpha value is -4.13. The summed E-state index contributed by atoms with van der Waals surface area (Å²) < 4.78 is 5.74. The van der Waals surface area contributed by atoms with Gasteiger partial charge in [0.2, 0.25) is 11.8 Å². The van der Waals surface area contributed by atoms with Crippen molar-refractivity contribution in [2.45, 2.75) is 19.8 Å². The van der Waals surface area contributed by atoms with Crippen LogP contribution in [0.4, 0.5) is 11.4 Å². The maximum Gasteiger partial charge on any atom is 0.255 e. The average Bonchev–Trinajstić information content (AvgIpc) is 3.62. The summed E-state index contributed by atoms with van der Waals surface area (Å²) in [6.45, 7) is 1.89. The van der Waals surface area contributed by atoms with Crippen LogP contribution < -0.4 is 21.1 Å². The van der Waals surface area contributed by atoms with Gasteiger partial charge < -0.3 is 21.1 Å². The predicted octanol–water partition coefficient (Wildman–Crippen LogP) is 4.49. The summed E-state index contributed by atoms with van der Waals surface area (Å²) in [6, 6.07) is 18.6. The Labute approximate surface area is 185 Å². The molecule has 4 rings (SSSR count). The molecule has 7 nitrogen and oxygen atoms in total. The number of amides is 3. The minimum absolute atomic E-state index is 0.0194. The fourth-order valence-corrected chi connectivity index (χ4v) is 3.12. The van der Waals surface area contributed by atoms with Gasteiger partial charge in [0.05, 0.1) is 0 Å². The Kier molecular flexibility index (Phi) is 5.89. The number of hydrogen-bond donors (Lipinski definition) is 3. The molecule has 0 bridgehead atoms. The molecule has 3 aromatic rings. The summed E-state index contributed by atoms with van der Waals surface area (Å²) >= 11 is 0. The van der Waals surface area contributed by atoms with Gasteiger partial charge in [0, 0.05) is 28.4 Å². The molecule has 0 aromatic heterocycles. The molecule has 3 aromatic carbocycles. The molecule has 4 N–H and O–H groups in total. The van der Waals surface area contributed by atoms with E-state index in [-0.39, 0.29) is 17.7 Å². The molecule has 162 valence electrons. The topological polar surface area (TPSA) is 111 Å². The number of hydrogen-bond acceptors (Lipinski definition) is 4. The van der Waals surface area contributed by atoms with Crippen molar-refractivity contribution >= 4 is 29.1 Å². The van der Waals surface area contributed by atoms with Crippen LogP contribution in [0.3, 0.4) is 0 Å². The van der Waals surface area contributed by atoms with Gasteiger partial charge in [0.15, 0.2) is 0 Å². The van der Waals surface area contributed by atoms with Crippen LogP contribution in [0, 0.1) is 12.8 Å². The Morgan fingerprint density at radius 1 is 0.844 bits per heavy atom. The predicted molar refractivity (Wildman–Crippen MR) is 122 cm³/mol. The minimum Gasteiger partial charge on any atom is -0.457 e. The molecule has 3 amide bonds. The number of carbonyl (C=O) groups is 3. The van der Waals surface area contributed by atoms with E-state index >= 15 is 0 Å². The second-order valence-corrected chi connectivity index (χ2v) is 7.76. The van der Waals surface area contributed by atoms with E-state index in [1.807, 2.05) is 19.1 Å². The highest BCUT2D eigenvalue weighted by Crippen LogP contribution is 2.31. The number of rotatable bonds is 7. The van der Waals surface area contributed by atoms with Crippen molar-refractivity contribution in [3.63, 3.8) is 0 Å². The molecule has 0 heterocycles. The van der Waals surface area contributed by atoms with Crippen molar-refractivity contribution in [1.29, 1.82) is 0 Å². The van der Waals surface area contributed by atoms with Crippen molar-refractivity contribution in [2.75, 3.05) is 10.6 Å². The van der Waals surface area contributed by atoms with Crippen molar-refractivity contribution in [2.24, 2.45) is 11.7 Å². The molecule has 32 heavy (non-hydrogen) atoms. The molecule has 1 fully saturated rings. The van der Waals surface area contributed by atoms with E-state index in [9.17, 15) is 14.4 Å². The normalized spacial score (nSPS) is 12.7. The zero-order valence-electron chi connectivity index (χ0n) is 17.6. The third-order valence-electron chi connectivity index (χ3n) is 5.19. The first kappa shape index (κ1) is 21.1. The van der Waals surface area contributed by atoms with Gasteiger partial charge in [-0.05, 0) is 86.0 Å². The van der Waals surface area contributed by atoms with Gasteiger partial charge >= 0.3 is 0 Å². The number of aryl methyl sites for hydroxylation is 1. The van der Waals surface area contributed by atoms with E-state index in [1.54, 1.807) is 54.6 Å². The first-order chi connectivity index (χ1) is 15.4. The van der Waals surface area contributed by atoms with E-state index in [4.69, 9.17) is 10.5 Å². The Balaban J connectivity index is 1.40. The zero-order valence-corrected chi connectivity index (χ0v) is 17.6. The van der Waals surface area contributed by atoms with E-state index in [0.29, 0.717) is 34.0 Å². The summed E-state index contributed by atoms with van der Waals surface area (Å²) in [5, 5.41) is 5.79. The summed E-state index contributed by atoms with van der Waals surface area (Å²) in [5.41, 5.74) is 8.29. The molecular weight excluding hydrogens is 406 g/mol. The van der Waals surface area contributed by atoms with E-state index in [0.717, 1.165) is 18.4 Å². The molecule has 0 saturated heterocycles. The summed E-state index contributed by atoms with van der Waals surface area (Å²) in [4.78, 5) is 35.8. The Bertz CT molecular complexity index is 1170. The molecule has 1 saturated carbocycles. The van der Waals surface area contributed by atoms with Gasteiger partial charge in [-0.15, -0.1) is 0 Å². The Morgan fingerprint density at radius 3 is 2.00 bits per heavy atom. The van der Waals surface area contributed by atoms with Crippen LogP contribution in [-0.2, 0) is 4.79 Å². The number of nitrogens with two attached hydrogens (primary N) is 1. The smallest absolute Gasteiger partial charge is 0.255 e. The van der Waals surface area contributed by atoms with Crippen molar-refractivity contribution in [3.8, 4) is 11.5 Å². The first-order valence-electron chi connectivity index (χ1n) is 10.3. The quantitative estimate of drug-likeness (QED) is 0.514. The van der Waals surface area contributed by atoms with Crippen LogP contribution in [-0.4, -0.2) is 17.7 Å². The van der Waals surface area contributed by atoms with Gasteiger partial charge in [-0.25, -0.2) is 0 Å². The maximum atomic E-state index is 12.7. The monoisotopic (exact) mass is 429 g/mol. The number of ether oxygens (including phenoxy) is 1. The van der Waals surface area contributed by atoms with Gasteiger partial charge in [-0.2, -0.15) is 0 Å². The van der Waals surface area contributed by atoms with Crippen LogP contribution in [0.25, 0.3) is 0 Å². The van der Waals surface area contributed by atoms with Crippen LogP contribution >= 0.6 is 0 Å². The lowest BCUT2D eigenvalue weighted by molar-refractivity contribution is -0.117. The Morgan fingerprint density at radius 2 is 1.44 bits per heavy atom. The lowest BCUT2D eigenvalue weighted by Gasteiger charge is -2.12. The fourth-order valence-electron chi connectivity index (χ4n) is 3.12. The molecule has 1 aliphatic rings. The summed E-state index contributed by atoms with van der Waals surface area (Å²) in [6.07, 6.45) is 1.86. The van der Waals surface area contributed by atoms with E-state index < -0.39 is 5.91 Å².